The molecule has 1 N–H and O–H groups in total. The van der Waals surface area contributed by atoms with Crippen LogP contribution in [0, 0.1) is 18.8 Å². The maximum atomic E-state index is 3.20. The van der Waals surface area contributed by atoms with Gasteiger partial charge in [-0.3, -0.25) is 0 Å². The average Bonchev–Trinajstić information content (AvgIpc) is 2.59. The summed E-state index contributed by atoms with van der Waals surface area (Å²) in [7, 11) is 1.99. The fourth-order valence-electron chi connectivity index (χ4n) is 2.71. The van der Waals surface area contributed by atoms with Gasteiger partial charge in [-0.25, -0.2) is 0 Å². The molecule has 2 atom stereocenters. The lowest BCUT2D eigenvalue weighted by atomic mass is 10.0. The number of anilines is 1. The third-order valence-corrected chi connectivity index (χ3v) is 3.97. The van der Waals surface area contributed by atoms with E-state index in [0.717, 1.165) is 18.4 Å². The van der Waals surface area contributed by atoms with E-state index in [1.54, 1.807) is 0 Å². The van der Waals surface area contributed by atoms with Crippen molar-refractivity contribution >= 4 is 5.69 Å². The smallest absolute Gasteiger partial charge is 0.0396 e. The van der Waals surface area contributed by atoms with Crippen LogP contribution in [0.4, 0.5) is 5.69 Å². The fraction of sp³-hybridized carbons (Fsp3) is 0.600. The first-order valence-electron chi connectivity index (χ1n) is 6.61. The Bertz CT molecular complexity index is 377. The SMILES string of the molecule is CNCc1ccc(N2CC(C)C(C)C2)c(C)c1. The maximum absolute atomic E-state index is 3.20. The van der Waals surface area contributed by atoms with E-state index in [-0.39, 0.29) is 0 Å². The van der Waals surface area contributed by atoms with Gasteiger partial charge >= 0.3 is 0 Å². The second kappa shape index (κ2) is 5.09. The molecule has 0 spiro atoms. The molecule has 2 unspecified atom stereocenters. The molecule has 0 aromatic heterocycles. The van der Waals surface area contributed by atoms with Gasteiger partial charge in [-0.1, -0.05) is 26.0 Å². The minimum absolute atomic E-state index is 0.811. The summed E-state index contributed by atoms with van der Waals surface area (Å²) < 4.78 is 0. The van der Waals surface area contributed by atoms with E-state index in [4.69, 9.17) is 0 Å². The Hall–Kier alpha value is -1.02. The first-order chi connectivity index (χ1) is 8.11. The molecule has 1 fully saturated rings. The normalized spacial score (nSPS) is 24.4. The second-order valence-electron chi connectivity index (χ2n) is 5.51. The van der Waals surface area contributed by atoms with Crippen molar-refractivity contribution in [3.05, 3.63) is 29.3 Å². The highest BCUT2D eigenvalue weighted by Gasteiger charge is 2.26. The largest absolute Gasteiger partial charge is 0.371 e. The maximum Gasteiger partial charge on any atom is 0.0396 e. The van der Waals surface area contributed by atoms with Crippen molar-refractivity contribution in [3.8, 4) is 0 Å². The second-order valence-corrected chi connectivity index (χ2v) is 5.51. The van der Waals surface area contributed by atoms with Crippen LogP contribution in [0.3, 0.4) is 0 Å². The first-order valence-corrected chi connectivity index (χ1v) is 6.61. The summed E-state index contributed by atoms with van der Waals surface area (Å²) in [5.41, 5.74) is 4.19. The van der Waals surface area contributed by atoms with E-state index in [1.807, 2.05) is 7.05 Å². The number of hydrogen-bond donors (Lipinski definition) is 1. The molecule has 2 heteroatoms. The topological polar surface area (TPSA) is 15.3 Å². The lowest BCUT2D eigenvalue weighted by molar-refractivity contribution is 0.494. The molecule has 2 rings (SSSR count). The molecule has 1 saturated heterocycles. The quantitative estimate of drug-likeness (QED) is 0.862. The molecule has 1 aliphatic heterocycles. The molecule has 17 heavy (non-hydrogen) atoms. The lowest BCUT2D eigenvalue weighted by Gasteiger charge is -2.21. The molecular formula is C15H24N2. The van der Waals surface area contributed by atoms with Crippen molar-refractivity contribution in [2.75, 3.05) is 25.0 Å². The molecule has 0 saturated carbocycles. The zero-order valence-electron chi connectivity index (χ0n) is 11.5. The van der Waals surface area contributed by atoms with Gasteiger partial charge in [0, 0.05) is 25.3 Å². The van der Waals surface area contributed by atoms with Crippen LogP contribution in [0.5, 0.6) is 0 Å². The Morgan fingerprint density at radius 3 is 2.41 bits per heavy atom. The van der Waals surface area contributed by atoms with E-state index < -0.39 is 0 Å². The zero-order chi connectivity index (χ0) is 12.4. The van der Waals surface area contributed by atoms with Gasteiger partial charge < -0.3 is 10.2 Å². The highest BCUT2D eigenvalue weighted by atomic mass is 15.2. The summed E-state index contributed by atoms with van der Waals surface area (Å²) in [6.45, 7) is 10.3. The van der Waals surface area contributed by atoms with Crippen LogP contribution in [0.25, 0.3) is 0 Å². The number of nitrogens with zero attached hydrogens (tertiary/aromatic N) is 1. The Balaban J connectivity index is 2.17. The van der Waals surface area contributed by atoms with Crippen molar-refractivity contribution in [1.82, 2.24) is 5.32 Å². The highest BCUT2D eigenvalue weighted by molar-refractivity contribution is 5.55. The Morgan fingerprint density at radius 2 is 1.88 bits per heavy atom. The number of benzene rings is 1. The highest BCUT2D eigenvalue weighted by Crippen LogP contribution is 2.30. The molecule has 1 aliphatic rings. The van der Waals surface area contributed by atoms with Gasteiger partial charge in [0.15, 0.2) is 0 Å². The number of aryl methyl sites for hydroxylation is 1. The third kappa shape index (κ3) is 2.63. The van der Waals surface area contributed by atoms with Crippen molar-refractivity contribution in [2.24, 2.45) is 11.8 Å². The van der Waals surface area contributed by atoms with Gasteiger partial charge in [-0.05, 0) is 43.0 Å². The minimum atomic E-state index is 0.811. The average molecular weight is 232 g/mol. The Labute approximate surface area is 105 Å². The Kier molecular flexibility index (Phi) is 3.72. The number of nitrogens with one attached hydrogen (secondary N) is 1. The zero-order valence-corrected chi connectivity index (χ0v) is 11.5. The van der Waals surface area contributed by atoms with Gasteiger partial charge in [-0.15, -0.1) is 0 Å². The van der Waals surface area contributed by atoms with Crippen LogP contribution in [0.15, 0.2) is 18.2 Å². The molecule has 0 bridgehead atoms. The van der Waals surface area contributed by atoms with Crippen molar-refractivity contribution in [2.45, 2.75) is 27.3 Å². The molecule has 0 radical (unpaired) electrons. The Morgan fingerprint density at radius 1 is 1.24 bits per heavy atom. The van der Waals surface area contributed by atoms with Crippen molar-refractivity contribution in [1.29, 1.82) is 0 Å². The minimum Gasteiger partial charge on any atom is -0.371 e. The van der Waals surface area contributed by atoms with Crippen molar-refractivity contribution < 1.29 is 0 Å². The lowest BCUT2D eigenvalue weighted by Crippen LogP contribution is -2.20. The molecule has 1 aromatic carbocycles. The summed E-state index contributed by atoms with van der Waals surface area (Å²) >= 11 is 0. The summed E-state index contributed by atoms with van der Waals surface area (Å²) in [5, 5.41) is 3.20. The number of hydrogen-bond acceptors (Lipinski definition) is 2. The number of rotatable bonds is 3. The summed E-state index contributed by atoms with van der Waals surface area (Å²) in [5.74, 6) is 1.62. The predicted octanol–water partition coefficient (Wildman–Crippen LogP) is 2.81. The molecule has 0 aliphatic carbocycles. The van der Waals surface area contributed by atoms with Gasteiger partial charge in [0.25, 0.3) is 0 Å². The van der Waals surface area contributed by atoms with Gasteiger partial charge in [0.1, 0.15) is 0 Å². The molecule has 94 valence electrons. The van der Waals surface area contributed by atoms with Crippen molar-refractivity contribution in [3.63, 3.8) is 0 Å². The van der Waals surface area contributed by atoms with Crippen LogP contribution in [-0.4, -0.2) is 20.1 Å². The van der Waals surface area contributed by atoms with Crippen LogP contribution < -0.4 is 10.2 Å². The van der Waals surface area contributed by atoms with E-state index in [0.29, 0.717) is 0 Å². The molecule has 0 amide bonds. The van der Waals surface area contributed by atoms with Crippen LogP contribution in [0.2, 0.25) is 0 Å². The molecule has 1 aromatic rings. The standard InChI is InChI=1S/C15H24N2/c1-11-7-14(8-16-4)5-6-15(11)17-9-12(2)13(3)10-17/h5-7,12-13,16H,8-10H2,1-4H3. The van der Waals surface area contributed by atoms with Gasteiger partial charge in [-0.2, -0.15) is 0 Å². The van der Waals surface area contributed by atoms with E-state index in [2.05, 4.69) is 49.2 Å². The molecular weight excluding hydrogens is 208 g/mol. The van der Waals surface area contributed by atoms with E-state index in [1.165, 1.54) is 29.9 Å². The fourth-order valence-corrected chi connectivity index (χ4v) is 2.71. The van der Waals surface area contributed by atoms with Crippen LogP contribution in [0.1, 0.15) is 25.0 Å². The van der Waals surface area contributed by atoms with Crippen LogP contribution >= 0.6 is 0 Å². The van der Waals surface area contributed by atoms with E-state index >= 15 is 0 Å². The molecule has 1 heterocycles. The van der Waals surface area contributed by atoms with Gasteiger partial charge in [0.2, 0.25) is 0 Å². The van der Waals surface area contributed by atoms with Crippen LogP contribution in [-0.2, 0) is 6.54 Å². The van der Waals surface area contributed by atoms with Gasteiger partial charge in [0.05, 0.1) is 0 Å². The van der Waals surface area contributed by atoms with E-state index in [9.17, 15) is 0 Å². The third-order valence-electron chi connectivity index (χ3n) is 3.97. The summed E-state index contributed by atoms with van der Waals surface area (Å²) in [4.78, 5) is 2.54. The predicted molar refractivity (Wildman–Crippen MR) is 74.5 cm³/mol. The first kappa shape index (κ1) is 12.4. The monoisotopic (exact) mass is 232 g/mol. The summed E-state index contributed by atoms with van der Waals surface area (Å²) in [6, 6.07) is 6.83. The molecule has 2 nitrogen and oxygen atoms in total. The summed E-state index contributed by atoms with van der Waals surface area (Å²) in [6.07, 6.45) is 0.